The van der Waals surface area contributed by atoms with E-state index >= 15 is 0 Å². The summed E-state index contributed by atoms with van der Waals surface area (Å²) < 4.78 is 15.9. The number of hydrogen-bond donors (Lipinski definition) is 2. The van der Waals surface area contributed by atoms with Crippen molar-refractivity contribution in [2.45, 2.75) is 90.1 Å². The van der Waals surface area contributed by atoms with E-state index in [0.717, 1.165) is 78.9 Å². The van der Waals surface area contributed by atoms with Crippen LogP contribution in [0.4, 0.5) is 11.4 Å². The topological polar surface area (TPSA) is 157 Å². The van der Waals surface area contributed by atoms with Crippen LogP contribution in [0, 0.1) is 0 Å². The highest BCUT2D eigenvalue weighted by Gasteiger charge is 2.08. The molecule has 6 aromatic rings. The van der Waals surface area contributed by atoms with Crippen LogP contribution in [0.5, 0.6) is 11.6 Å². The standard InChI is InChI=1S/C46H56N10O2/c47-45(53-41-20-15-21-43(32-41)57-28-11-7-3-1-5-9-25-55-27-24-49-35-55)39-18-13-16-37(30-39)38-17-14-19-40(31-38)46(48)54-42-22-23-44(51-33-42)58-29-12-8-4-2-6-10-26-56-36-50-34-52-56/h13-24,27,30-36H,1-12,25-26,28-29H2,(H2,47,53)(H2,48,54). The third kappa shape index (κ3) is 14.0. The van der Waals surface area contributed by atoms with E-state index in [2.05, 4.69) is 29.6 Å². The number of aryl methyl sites for hydroxylation is 2. The molecule has 0 saturated carbocycles. The van der Waals surface area contributed by atoms with Gasteiger partial charge in [-0.05, 0) is 67.1 Å². The molecule has 3 heterocycles. The molecular weight excluding hydrogens is 725 g/mol. The molecule has 3 aromatic carbocycles. The highest BCUT2D eigenvalue weighted by molar-refractivity contribution is 6.01. The smallest absolute Gasteiger partial charge is 0.213 e. The number of amidine groups is 2. The largest absolute Gasteiger partial charge is 0.494 e. The fourth-order valence-corrected chi connectivity index (χ4v) is 6.61. The number of benzene rings is 3. The predicted molar refractivity (Wildman–Crippen MR) is 232 cm³/mol. The molecule has 302 valence electrons. The van der Waals surface area contributed by atoms with E-state index in [1.165, 1.54) is 44.9 Å². The summed E-state index contributed by atoms with van der Waals surface area (Å²) in [6.45, 7) is 3.29. The number of nitrogens with two attached hydrogens (primary N) is 2. The lowest BCUT2D eigenvalue weighted by atomic mass is 10.0. The normalized spacial score (nSPS) is 11.9. The van der Waals surface area contributed by atoms with Crippen molar-refractivity contribution in [3.8, 4) is 22.8 Å². The number of nitrogens with zero attached hydrogens (tertiary/aromatic N) is 8. The quantitative estimate of drug-likeness (QED) is 0.0331. The van der Waals surface area contributed by atoms with E-state index in [9.17, 15) is 0 Å². The molecule has 0 atom stereocenters. The first-order valence-corrected chi connectivity index (χ1v) is 20.6. The van der Waals surface area contributed by atoms with Gasteiger partial charge in [0.1, 0.15) is 30.1 Å². The second kappa shape index (κ2) is 23.1. The summed E-state index contributed by atoms with van der Waals surface area (Å²) in [5.74, 6) is 2.21. The Bertz CT molecular complexity index is 2130. The van der Waals surface area contributed by atoms with Crippen LogP contribution >= 0.6 is 0 Å². The predicted octanol–water partition coefficient (Wildman–Crippen LogP) is 9.45. The van der Waals surface area contributed by atoms with Crippen molar-refractivity contribution >= 4 is 23.0 Å². The number of aliphatic imine (C=N–C) groups is 2. The summed E-state index contributed by atoms with van der Waals surface area (Å²) in [5.41, 5.74) is 18.0. The Kier molecular flexibility index (Phi) is 16.4. The molecule has 0 fully saturated rings. The average Bonchev–Trinajstić information content (AvgIpc) is 3.99. The highest BCUT2D eigenvalue weighted by Crippen LogP contribution is 2.25. The summed E-state index contributed by atoms with van der Waals surface area (Å²) in [5, 5.41) is 4.14. The van der Waals surface area contributed by atoms with Gasteiger partial charge in [-0.3, -0.25) is 4.68 Å². The van der Waals surface area contributed by atoms with Crippen molar-refractivity contribution in [2.75, 3.05) is 13.2 Å². The molecule has 0 amide bonds. The molecule has 3 aromatic heterocycles. The van der Waals surface area contributed by atoms with Gasteiger partial charge < -0.3 is 25.5 Å². The Balaban J connectivity index is 0.927. The van der Waals surface area contributed by atoms with Gasteiger partial charge in [0.05, 0.1) is 37.1 Å². The van der Waals surface area contributed by atoms with Gasteiger partial charge in [0.15, 0.2) is 0 Å². The monoisotopic (exact) mass is 780 g/mol. The average molecular weight is 781 g/mol. The molecule has 0 aliphatic carbocycles. The third-order valence-corrected chi connectivity index (χ3v) is 9.82. The summed E-state index contributed by atoms with van der Waals surface area (Å²) >= 11 is 0. The van der Waals surface area contributed by atoms with Crippen molar-refractivity contribution in [2.24, 2.45) is 21.5 Å². The second-order valence-electron chi connectivity index (χ2n) is 14.4. The van der Waals surface area contributed by atoms with E-state index in [1.807, 2.05) is 108 Å². The van der Waals surface area contributed by atoms with E-state index < -0.39 is 0 Å². The maximum atomic E-state index is 6.54. The summed E-state index contributed by atoms with van der Waals surface area (Å²) in [6.07, 6.45) is 24.7. The molecular formula is C46H56N10O2. The van der Waals surface area contributed by atoms with Gasteiger partial charge in [0.25, 0.3) is 0 Å². The SMILES string of the molecule is NC(=Nc1ccc(OCCCCCCCCn2cncn2)nc1)c1cccc(-c2cccc(C(N)=Nc3cccc(OCCCCCCCCn4ccnc4)c3)c2)c1. The Morgan fingerprint density at radius 1 is 0.586 bits per heavy atom. The van der Waals surface area contributed by atoms with Gasteiger partial charge in [0.2, 0.25) is 5.88 Å². The van der Waals surface area contributed by atoms with Gasteiger partial charge in [-0.25, -0.2) is 24.9 Å². The Labute approximate surface area is 342 Å². The van der Waals surface area contributed by atoms with Crippen LogP contribution in [0.15, 0.2) is 132 Å². The molecule has 6 rings (SSSR count). The van der Waals surface area contributed by atoms with E-state index in [1.54, 1.807) is 18.9 Å². The van der Waals surface area contributed by atoms with Crippen LogP contribution in [0.1, 0.15) is 88.2 Å². The van der Waals surface area contributed by atoms with Crippen LogP contribution in [0.3, 0.4) is 0 Å². The molecule has 0 spiro atoms. The lowest BCUT2D eigenvalue weighted by molar-refractivity contribution is 0.293. The Hall–Kier alpha value is -6.30. The Morgan fingerprint density at radius 3 is 1.86 bits per heavy atom. The molecule has 0 aliphatic heterocycles. The third-order valence-electron chi connectivity index (χ3n) is 9.82. The minimum atomic E-state index is 0.399. The van der Waals surface area contributed by atoms with Crippen LogP contribution in [-0.4, -0.2) is 54.2 Å². The number of imidazole rings is 1. The molecule has 0 bridgehead atoms. The van der Waals surface area contributed by atoms with Crippen molar-refractivity contribution in [1.29, 1.82) is 0 Å². The first-order chi connectivity index (χ1) is 28.6. The van der Waals surface area contributed by atoms with Gasteiger partial charge in [-0.1, -0.05) is 93.8 Å². The second-order valence-corrected chi connectivity index (χ2v) is 14.4. The summed E-state index contributed by atoms with van der Waals surface area (Å²) in [4.78, 5) is 21.9. The van der Waals surface area contributed by atoms with Crippen LogP contribution in [-0.2, 0) is 13.1 Å². The lowest BCUT2D eigenvalue weighted by Gasteiger charge is -2.09. The minimum Gasteiger partial charge on any atom is -0.494 e. The highest BCUT2D eigenvalue weighted by atomic mass is 16.5. The molecule has 12 heteroatoms. The molecule has 0 saturated heterocycles. The van der Waals surface area contributed by atoms with Crippen molar-refractivity contribution in [1.82, 2.24) is 29.3 Å². The van der Waals surface area contributed by atoms with E-state index in [4.69, 9.17) is 25.9 Å². The fourth-order valence-electron chi connectivity index (χ4n) is 6.61. The summed E-state index contributed by atoms with van der Waals surface area (Å²) in [7, 11) is 0. The first-order valence-electron chi connectivity index (χ1n) is 20.6. The molecule has 0 aliphatic rings. The Morgan fingerprint density at radius 2 is 1.22 bits per heavy atom. The van der Waals surface area contributed by atoms with Gasteiger partial charge in [-0.2, -0.15) is 5.10 Å². The van der Waals surface area contributed by atoms with Crippen LogP contribution in [0.25, 0.3) is 11.1 Å². The van der Waals surface area contributed by atoms with Gasteiger partial charge in [0, 0.05) is 48.7 Å². The molecule has 0 unspecified atom stereocenters. The number of unbranched alkanes of at least 4 members (excludes halogenated alkanes) is 10. The summed E-state index contributed by atoms with van der Waals surface area (Å²) in [6, 6.07) is 27.5. The first kappa shape index (κ1) is 41.3. The molecule has 4 N–H and O–H groups in total. The lowest BCUT2D eigenvalue weighted by Crippen LogP contribution is -2.13. The van der Waals surface area contributed by atoms with Crippen molar-refractivity contribution in [3.05, 3.63) is 134 Å². The van der Waals surface area contributed by atoms with Crippen molar-refractivity contribution < 1.29 is 9.47 Å². The molecule has 58 heavy (non-hydrogen) atoms. The maximum absolute atomic E-state index is 6.54. The number of ether oxygens (including phenoxy) is 2. The van der Waals surface area contributed by atoms with E-state index in [-0.39, 0.29) is 0 Å². The van der Waals surface area contributed by atoms with Gasteiger partial charge >= 0.3 is 0 Å². The molecule has 12 nitrogen and oxygen atoms in total. The van der Waals surface area contributed by atoms with Crippen LogP contribution in [0.2, 0.25) is 0 Å². The zero-order valence-electron chi connectivity index (χ0n) is 33.4. The maximum Gasteiger partial charge on any atom is 0.213 e. The number of rotatable bonds is 25. The molecule has 0 radical (unpaired) electrons. The zero-order chi connectivity index (χ0) is 40.0. The minimum absolute atomic E-state index is 0.399. The van der Waals surface area contributed by atoms with Crippen molar-refractivity contribution in [3.63, 3.8) is 0 Å². The zero-order valence-corrected chi connectivity index (χ0v) is 33.4. The number of hydrogen-bond acceptors (Lipinski definition) is 8. The van der Waals surface area contributed by atoms with Crippen LogP contribution < -0.4 is 20.9 Å². The van der Waals surface area contributed by atoms with E-state index in [0.29, 0.717) is 36.5 Å². The number of aromatic nitrogens is 6. The number of pyridine rings is 1. The fraction of sp³-hybridized carbons (Fsp3) is 0.348. The van der Waals surface area contributed by atoms with Gasteiger partial charge in [-0.15, -0.1) is 0 Å².